The summed E-state index contributed by atoms with van der Waals surface area (Å²) in [6.07, 6.45) is 3.12. The van der Waals surface area contributed by atoms with E-state index in [1.54, 1.807) is 19.9 Å². The van der Waals surface area contributed by atoms with Crippen LogP contribution in [0.25, 0.3) is 6.08 Å². The molecule has 0 radical (unpaired) electrons. The molecule has 0 fully saturated rings. The van der Waals surface area contributed by atoms with Gasteiger partial charge < -0.3 is 4.74 Å². The number of nitrogens with one attached hydrogen (secondary N) is 1. The van der Waals surface area contributed by atoms with Crippen LogP contribution in [0.3, 0.4) is 0 Å². The molecule has 1 N–H and O–H groups in total. The number of halogens is 1. The van der Waals surface area contributed by atoms with E-state index in [9.17, 15) is 9.59 Å². The van der Waals surface area contributed by atoms with Gasteiger partial charge in [-0.3, -0.25) is 10.1 Å². The molecule has 120 valence electrons. The molecule has 1 aromatic carbocycles. The molecule has 2 aromatic rings. The van der Waals surface area contributed by atoms with Gasteiger partial charge in [-0.25, -0.2) is 9.78 Å². The summed E-state index contributed by atoms with van der Waals surface area (Å²) in [6, 6.07) is 7.57. The number of esters is 1. The third kappa shape index (κ3) is 5.01. The number of aryl methyl sites for hydroxylation is 1. The molecule has 0 aliphatic carbocycles. The van der Waals surface area contributed by atoms with Crippen molar-refractivity contribution in [2.75, 3.05) is 11.9 Å². The van der Waals surface area contributed by atoms with Crippen LogP contribution >= 0.6 is 27.3 Å². The molecule has 0 saturated heterocycles. The molecule has 0 spiro atoms. The number of anilines is 1. The van der Waals surface area contributed by atoms with Crippen LogP contribution in [-0.4, -0.2) is 23.5 Å². The van der Waals surface area contributed by atoms with Crippen LogP contribution < -0.4 is 5.32 Å². The first-order chi connectivity index (χ1) is 11.0. The Bertz CT molecular complexity index is 738. The molecular weight excluding hydrogens is 380 g/mol. The van der Waals surface area contributed by atoms with Gasteiger partial charge in [0, 0.05) is 10.5 Å². The van der Waals surface area contributed by atoms with Gasteiger partial charge in [0.1, 0.15) is 4.88 Å². The normalized spacial score (nSPS) is 10.7. The molecule has 2 rings (SSSR count). The maximum atomic E-state index is 11.9. The minimum Gasteiger partial charge on any atom is -0.462 e. The molecule has 7 heteroatoms. The van der Waals surface area contributed by atoms with E-state index in [1.807, 2.05) is 24.3 Å². The molecule has 0 unspecified atom stereocenters. The number of aromatic nitrogens is 1. The number of thiazole rings is 1. The smallest absolute Gasteiger partial charge is 0.350 e. The topological polar surface area (TPSA) is 68.3 Å². The molecule has 0 aliphatic rings. The molecule has 0 aliphatic heterocycles. The Labute approximate surface area is 146 Å². The molecule has 23 heavy (non-hydrogen) atoms. The SMILES string of the molecule is CCOC(=O)c1sc(NC(=O)/C=C/c2ccc(Br)cc2)nc1C. The quantitative estimate of drug-likeness (QED) is 0.613. The number of ether oxygens (including phenoxy) is 1. The third-order valence-electron chi connectivity index (χ3n) is 2.78. The van der Waals surface area contributed by atoms with Crippen molar-refractivity contribution < 1.29 is 14.3 Å². The zero-order valence-corrected chi connectivity index (χ0v) is 15.0. The fourth-order valence-electron chi connectivity index (χ4n) is 1.73. The van der Waals surface area contributed by atoms with Crippen LogP contribution in [0, 0.1) is 6.92 Å². The van der Waals surface area contributed by atoms with Gasteiger partial charge in [0.25, 0.3) is 0 Å². The molecule has 1 heterocycles. The highest BCUT2D eigenvalue weighted by molar-refractivity contribution is 9.10. The van der Waals surface area contributed by atoms with Crippen LogP contribution in [0.4, 0.5) is 5.13 Å². The number of benzene rings is 1. The van der Waals surface area contributed by atoms with Gasteiger partial charge in [-0.15, -0.1) is 0 Å². The van der Waals surface area contributed by atoms with Gasteiger partial charge in [-0.1, -0.05) is 39.4 Å². The van der Waals surface area contributed by atoms with E-state index < -0.39 is 5.97 Å². The molecule has 1 amide bonds. The van der Waals surface area contributed by atoms with E-state index in [1.165, 1.54) is 6.08 Å². The Kier molecular flexibility index (Phi) is 6.06. The summed E-state index contributed by atoms with van der Waals surface area (Å²) in [5.74, 6) is -0.731. The largest absolute Gasteiger partial charge is 0.462 e. The fourth-order valence-corrected chi connectivity index (χ4v) is 2.86. The Balaban J connectivity index is 2.01. The van der Waals surface area contributed by atoms with Crippen LogP contribution in [0.5, 0.6) is 0 Å². The van der Waals surface area contributed by atoms with Crippen LogP contribution in [0.1, 0.15) is 27.9 Å². The number of nitrogens with zero attached hydrogens (tertiary/aromatic N) is 1. The van der Waals surface area contributed by atoms with Crippen molar-refractivity contribution in [3.8, 4) is 0 Å². The Morgan fingerprint density at radius 2 is 2.04 bits per heavy atom. The van der Waals surface area contributed by atoms with E-state index >= 15 is 0 Å². The van der Waals surface area contributed by atoms with Crippen molar-refractivity contribution in [1.29, 1.82) is 0 Å². The van der Waals surface area contributed by atoms with E-state index in [0.29, 0.717) is 22.3 Å². The third-order valence-corrected chi connectivity index (χ3v) is 4.37. The molecule has 5 nitrogen and oxygen atoms in total. The first-order valence-electron chi connectivity index (χ1n) is 6.88. The highest BCUT2D eigenvalue weighted by atomic mass is 79.9. The zero-order valence-electron chi connectivity index (χ0n) is 12.6. The van der Waals surface area contributed by atoms with Crippen molar-refractivity contribution >= 4 is 50.4 Å². The average molecular weight is 395 g/mol. The average Bonchev–Trinajstić information content (AvgIpc) is 2.87. The number of rotatable bonds is 5. The lowest BCUT2D eigenvalue weighted by Gasteiger charge is -1.98. The highest BCUT2D eigenvalue weighted by Crippen LogP contribution is 2.23. The number of amides is 1. The number of carbonyl (C=O) groups is 2. The second-order valence-electron chi connectivity index (χ2n) is 4.53. The zero-order chi connectivity index (χ0) is 16.8. The Morgan fingerprint density at radius 3 is 2.70 bits per heavy atom. The van der Waals surface area contributed by atoms with Crippen LogP contribution in [-0.2, 0) is 9.53 Å². The van der Waals surface area contributed by atoms with Crippen molar-refractivity contribution in [1.82, 2.24) is 4.98 Å². The summed E-state index contributed by atoms with van der Waals surface area (Å²) in [5.41, 5.74) is 1.45. The lowest BCUT2D eigenvalue weighted by Crippen LogP contribution is -2.07. The summed E-state index contributed by atoms with van der Waals surface area (Å²) in [6.45, 7) is 3.74. The predicted molar refractivity (Wildman–Crippen MR) is 94.6 cm³/mol. The number of hydrogen-bond donors (Lipinski definition) is 1. The predicted octanol–water partition coefficient (Wildman–Crippen LogP) is 4.04. The summed E-state index contributed by atoms with van der Waals surface area (Å²) >= 11 is 4.46. The molecule has 0 bridgehead atoms. The van der Waals surface area contributed by atoms with Crippen molar-refractivity contribution in [3.05, 3.63) is 50.9 Å². The summed E-state index contributed by atoms with van der Waals surface area (Å²) in [4.78, 5) is 28.2. The van der Waals surface area contributed by atoms with Crippen LogP contribution in [0.15, 0.2) is 34.8 Å². The van der Waals surface area contributed by atoms with E-state index in [4.69, 9.17) is 4.74 Å². The maximum Gasteiger partial charge on any atom is 0.350 e. The minimum atomic E-state index is -0.423. The van der Waals surface area contributed by atoms with Crippen molar-refractivity contribution in [3.63, 3.8) is 0 Å². The highest BCUT2D eigenvalue weighted by Gasteiger charge is 2.16. The Morgan fingerprint density at radius 1 is 1.35 bits per heavy atom. The van der Waals surface area contributed by atoms with Gasteiger partial charge in [0.2, 0.25) is 5.91 Å². The lowest BCUT2D eigenvalue weighted by atomic mass is 10.2. The van der Waals surface area contributed by atoms with E-state index in [0.717, 1.165) is 21.4 Å². The second-order valence-corrected chi connectivity index (χ2v) is 6.44. The van der Waals surface area contributed by atoms with Gasteiger partial charge in [0.15, 0.2) is 5.13 Å². The minimum absolute atomic E-state index is 0.299. The van der Waals surface area contributed by atoms with Gasteiger partial charge in [-0.05, 0) is 37.6 Å². The van der Waals surface area contributed by atoms with Crippen LogP contribution in [0.2, 0.25) is 0 Å². The van der Waals surface area contributed by atoms with E-state index in [2.05, 4.69) is 26.2 Å². The maximum absolute atomic E-state index is 11.9. The lowest BCUT2D eigenvalue weighted by molar-refractivity contribution is -0.111. The van der Waals surface area contributed by atoms with Gasteiger partial charge in [0.05, 0.1) is 12.3 Å². The van der Waals surface area contributed by atoms with E-state index in [-0.39, 0.29) is 5.91 Å². The second kappa shape index (κ2) is 8.03. The molecule has 0 atom stereocenters. The first-order valence-corrected chi connectivity index (χ1v) is 8.49. The van der Waals surface area contributed by atoms with Gasteiger partial charge in [-0.2, -0.15) is 0 Å². The Hall–Kier alpha value is -1.99. The number of carbonyl (C=O) groups excluding carboxylic acids is 2. The first kappa shape index (κ1) is 17.4. The summed E-state index contributed by atoms with van der Waals surface area (Å²) in [5, 5.41) is 3.02. The standard InChI is InChI=1S/C16H15BrN2O3S/c1-3-22-15(21)14-10(2)18-16(23-14)19-13(20)9-6-11-4-7-12(17)8-5-11/h4-9H,3H2,1-2H3,(H,18,19,20)/b9-6+. The van der Waals surface area contributed by atoms with Crippen molar-refractivity contribution in [2.24, 2.45) is 0 Å². The molecule has 0 saturated carbocycles. The van der Waals surface area contributed by atoms with Crippen molar-refractivity contribution in [2.45, 2.75) is 13.8 Å². The molecule has 1 aromatic heterocycles. The fraction of sp³-hybridized carbons (Fsp3) is 0.188. The number of hydrogen-bond acceptors (Lipinski definition) is 5. The molecular formula is C16H15BrN2O3S. The summed E-state index contributed by atoms with van der Waals surface area (Å²) < 4.78 is 5.92. The monoisotopic (exact) mass is 394 g/mol. The summed E-state index contributed by atoms with van der Waals surface area (Å²) in [7, 11) is 0. The van der Waals surface area contributed by atoms with Gasteiger partial charge >= 0.3 is 5.97 Å².